The molecule has 3 saturated heterocycles. The van der Waals surface area contributed by atoms with E-state index in [1.165, 1.54) is 7.11 Å². The molecule has 0 saturated carbocycles. The molecule has 33 heavy (non-hydrogen) atoms. The molecule has 0 spiro atoms. The number of aliphatic hydroxyl groups is 1. The number of hydrogen-bond acceptors (Lipinski definition) is 9. The van der Waals surface area contributed by atoms with E-state index in [1.807, 2.05) is 27.7 Å². The lowest BCUT2D eigenvalue weighted by molar-refractivity contribution is -0.330. The van der Waals surface area contributed by atoms with E-state index in [9.17, 15) is 14.7 Å². The van der Waals surface area contributed by atoms with Crippen molar-refractivity contribution in [3.8, 4) is 0 Å². The fourth-order valence-corrected chi connectivity index (χ4v) is 5.02. The van der Waals surface area contributed by atoms with Gasteiger partial charge in [-0.25, -0.2) is 0 Å². The third kappa shape index (κ3) is 4.75. The minimum Gasteiger partial charge on any atom is -0.378 e. The van der Waals surface area contributed by atoms with Crippen LogP contribution in [-0.4, -0.2) is 87.0 Å². The summed E-state index contributed by atoms with van der Waals surface area (Å²) in [5.74, 6) is -2.25. The number of ether oxygens (including phenoxy) is 6. The first kappa shape index (κ1) is 26.2. The lowest BCUT2D eigenvalue weighted by Gasteiger charge is -2.53. The molecule has 0 aromatic rings. The maximum atomic E-state index is 13.1. The van der Waals surface area contributed by atoms with Crippen molar-refractivity contribution in [2.45, 2.75) is 89.2 Å². The van der Waals surface area contributed by atoms with Gasteiger partial charge >= 0.3 is 0 Å². The highest BCUT2D eigenvalue weighted by molar-refractivity contribution is 5.82. The van der Waals surface area contributed by atoms with E-state index >= 15 is 0 Å². The topological polar surface area (TPSA) is 122 Å². The summed E-state index contributed by atoms with van der Waals surface area (Å²) in [7, 11) is 2.95. The van der Waals surface area contributed by atoms with E-state index in [2.05, 4.69) is 11.9 Å². The molecule has 3 heterocycles. The monoisotopic (exact) mass is 471 g/mol. The van der Waals surface area contributed by atoms with Crippen LogP contribution < -0.4 is 5.32 Å². The molecule has 0 unspecified atom stereocenters. The molecule has 3 fully saturated rings. The summed E-state index contributed by atoms with van der Waals surface area (Å²) in [4.78, 5) is 24.4. The van der Waals surface area contributed by atoms with Gasteiger partial charge in [0.1, 0.15) is 25.3 Å². The molecule has 0 aromatic heterocycles. The Morgan fingerprint density at radius 1 is 1.30 bits per heavy atom. The zero-order valence-electron chi connectivity index (χ0n) is 20.2. The van der Waals surface area contributed by atoms with E-state index < -0.39 is 53.9 Å². The van der Waals surface area contributed by atoms with Crippen LogP contribution in [0.5, 0.6) is 0 Å². The second kappa shape index (κ2) is 10.1. The van der Waals surface area contributed by atoms with Crippen LogP contribution in [-0.2, 0) is 38.0 Å². The zero-order chi connectivity index (χ0) is 24.6. The molecule has 10 heteroatoms. The first-order valence-corrected chi connectivity index (χ1v) is 11.3. The van der Waals surface area contributed by atoms with Crippen LogP contribution in [0.25, 0.3) is 0 Å². The number of aliphatic hydroxyl groups excluding tert-OH is 1. The number of nitrogens with one attached hydrogen (secondary N) is 1. The summed E-state index contributed by atoms with van der Waals surface area (Å²) in [6.07, 6.45) is -3.97. The van der Waals surface area contributed by atoms with Crippen molar-refractivity contribution >= 4 is 12.2 Å². The van der Waals surface area contributed by atoms with E-state index in [0.29, 0.717) is 0 Å². The number of aldehydes is 1. The van der Waals surface area contributed by atoms with Crippen LogP contribution in [0, 0.1) is 11.3 Å². The predicted octanol–water partition coefficient (Wildman–Crippen LogP) is 0.904. The minimum atomic E-state index is -1.65. The molecule has 1 amide bonds. The number of fused-ring (bicyclic) bond motifs is 1. The van der Waals surface area contributed by atoms with Crippen LogP contribution in [0.3, 0.4) is 0 Å². The van der Waals surface area contributed by atoms with Gasteiger partial charge in [-0.1, -0.05) is 32.9 Å². The Bertz CT molecular complexity index is 743. The predicted molar refractivity (Wildman–Crippen MR) is 116 cm³/mol. The van der Waals surface area contributed by atoms with Crippen molar-refractivity contribution in [3.63, 3.8) is 0 Å². The highest BCUT2D eigenvalue weighted by atomic mass is 16.7. The molecule has 9 atom stereocenters. The quantitative estimate of drug-likeness (QED) is 0.412. The first-order valence-electron chi connectivity index (χ1n) is 11.3. The lowest BCUT2D eigenvalue weighted by Crippen LogP contribution is -2.69. The van der Waals surface area contributed by atoms with Crippen molar-refractivity contribution < 1.29 is 43.1 Å². The van der Waals surface area contributed by atoms with Crippen molar-refractivity contribution in [2.24, 2.45) is 11.3 Å². The van der Waals surface area contributed by atoms with Gasteiger partial charge in [0.05, 0.1) is 18.3 Å². The normalized spacial score (nSPS) is 41.7. The smallest absolute Gasteiger partial charge is 0.256 e. The third-order valence-corrected chi connectivity index (χ3v) is 7.38. The molecule has 0 bridgehead atoms. The summed E-state index contributed by atoms with van der Waals surface area (Å²) in [5.41, 5.74) is 0.299. The van der Waals surface area contributed by atoms with E-state index in [1.54, 1.807) is 7.11 Å². The fourth-order valence-electron chi connectivity index (χ4n) is 5.02. The molecular formula is C23H37NO9. The number of rotatable bonds is 7. The Hall–Kier alpha value is -1.40. The lowest BCUT2D eigenvalue weighted by atomic mass is 9.73. The van der Waals surface area contributed by atoms with Crippen LogP contribution in [0.15, 0.2) is 12.2 Å². The second-order valence-electron chi connectivity index (χ2n) is 9.68. The third-order valence-electron chi connectivity index (χ3n) is 7.38. The van der Waals surface area contributed by atoms with E-state index in [4.69, 9.17) is 28.4 Å². The summed E-state index contributed by atoms with van der Waals surface area (Å²) >= 11 is 0. The summed E-state index contributed by atoms with van der Waals surface area (Å²) in [6.45, 7) is 11.7. The summed E-state index contributed by atoms with van der Waals surface area (Å²) in [6, 6.07) is 0. The Balaban J connectivity index is 1.78. The maximum absolute atomic E-state index is 13.1. The van der Waals surface area contributed by atoms with Crippen LogP contribution in [0.1, 0.15) is 40.5 Å². The van der Waals surface area contributed by atoms with E-state index in [-0.39, 0.29) is 31.7 Å². The van der Waals surface area contributed by atoms with Gasteiger partial charge in [-0.15, -0.1) is 0 Å². The van der Waals surface area contributed by atoms with Crippen molar-refractivity contribution in [2.75, 3.05) is 21.0 Å². The average Bonchev–Trinajstić information content (AvgIpc) is 2.77. The molecule has 2 N–H and O–H groups in total. The van der Waals surface area contributed by atoms with E-state index in [0.717, 1.165) is 11.9 Å². The van der Waals surface area contributed by atoms with Crippen LogP contribution in [0.2, 0.25) is 0 Å². The number of methoxy groups -OCH3 is 2. The Kier molecular flexibility index (Phi) is 8.00. The fraction of sp³-hybridized carbons (Fsp3) is 0.826. The molecule has 3 aliphatic heterocycles. The largest absolute Gasteiger partial charge is 0.378 e. The van der Waals surface area contributed by atoms with Gasteiger partial charge in [-0.3, -0.25) is 4.79 Å². The summed E-state index contributed by atoms with van der Waals surface area (Å²) < 4.78 is 34.8. The van der Waals surface area contributed by atoms with Gasteiger partial charge in [-0.2, -0.15) is 0 Å². The molecular weight excluding hydrogens is 434 g/mol. The maximum Gasteiger partial charge on any atom is 0.256 e. The molecule has 188 valence electrons. The molecule has 0 aliphatic carbocycles. The SMILES string of the molecule is C=C1C[C@](OC)([C@H](O)C(=O)N[C@H]2OCO[C@H]3[C@@H]2O[C@H](CC=O)C(C)(C)[C@@H]3OC)O[C@H](C)[C@@H]1C. The highest BCUT2D eigenvalue weighted by Crippen LogP contribution is 2.43. The van der Waals surface area contributed by atoms with Gasteiger partial charge in [0, 0.05) is 38.4 Å². The molecule has 0 radical (unpaired) electrons. The number of carbonyl (C=O) groups is 2. The Labute approximate surface area is 194 Å². The van der Waals surface area contributed by atoms with Gasteiger partial charge in [0.2, 0.25) is 5.79 Å². The molecule has 3 aliphatic rings. The average molecular weight is 472 g/mol. The van der Waals surface area contributed by atoms with Gasteiger partial charge in [0.25, 0.3) is 5.91 Å². The molecule has 0 aromatic carbocycles. The van der Waals surface area contributed by atoms with Gasteiger partial charge < -0.3 is 43.6 Å². The first-order chi connectivity index (χ1) is 15.5. The van der Waals surface area contributed by atoms with Crippen molar-refractivity contribution in [1.82, 2.24) is 5.32 Å². The summed E-state index contributed by atoms with van der Waals surface area (Å²) in [5, 5.41) is 13.7. The minimum absolute atomic E-state index is 0.0582. The van der Waals surface area contributed by atoms with Crippen LogP contribution >= 0.6 is 0 Å². The van der Waals surface area contributed by atoms with Crippen molar-refractivity contribution in [1.29, 1.82) is 0 Å². The standard InChI is InChI=1S/C23H37NO9/c1-12-10-23(29-7,33-14(3)13(12)2)18(26)20(27)24-21-17-16(30-11-31-21)19(28-6)22(4,5)15(32-17)8-9-25/h9,13-19,21,26H,1,8,10-11H2,2-7H3,(H,24,27)/t13-,14-,15-,16+,17+,18-,19-,21+,23-/m1/s1. The van der Waals surface area contributed by atoms with Crippen LogP contribution in [0.4, 0.5) is 0 Å². The number of hydrogen-bond donors (Lipinski definition) is 2. The zero-order valence-corrected chi connectivity index (χ0v) is 20.2. The molecule has 3 rings (SSSR count). The number of amides is 1. The van der Waals surface area contributed by atoms with Crippen molar-refractivity contribution in [3.05, 3.63) is 12.2 Å². The Morgan fingerprint density at radius 3 is 2.58 bits per heavy atom. The molecule has 10 nitrogen and oxygen atoms in total. The highest BCUT2D eigenvalue weighted by Gasteiger charge is 2.56. The van der Waals surface area contributed by atoms with Gasteiger partial charge in [-0.05, 0) is 6.92 Å². The van der Waals surface area contributed by atoms with Gasteiger partial charge in [0.15, 0.2) is 12.3 Å². The Morgan fingerprint density at radius 2 is 2.00 bits per heavy atom. The number of carbonyl (C=O) groups excluding carboxylic acids is 2. The second-order valence-corrected chi connectivity index (χ2v) is 9.68.